The van der Waals surface area contributed by atoms with E-state index >= 15 is 0 Å². The number of rotatable bonds is 4. The van der Waals surface area contributed by atoms with E-state index in [0.717, 1.165) is 16.8 Å². The zero-order chi connectivity index (χ0) is 16.9. The molecule has 2 aromatic carbocycles. The minimum atomic E-state index is -0.455. The van der Waals surface area contributed by atoms with Gasteiger partial charge in [0.2, 0.25) is 5.91 Å². The highest BCUT2D eigenvalue weighted by molar-refractivity contribution is 5.92. The molecule has 1 aromatic heterocycles. The molecule has 0 atom stereocenters. The molecule has 1 amide bonds. The first-order chi connectivity index (χ1) is 11.7. The van der Waals surface area contributed by atoms with Crippen LogP contribution >= 0.6 is 0 Å². The molecule has 0 aliphatic heterocycles. The predicted octanol–water partition coefficient (Wildman–Crippen LogP) is 2.70. The lowest BCUT2D eigenvalue weighted by Crippen LogP contribution is -2.11. The third kappa shape index (κ3) is 3.45. The highest BCUT2D eigenvalue weighted by Gasteiger charge is 2.06. The lowest BCUT2D eigenvalue weighted by atomic mass is 10.1. The molecule has 5 heteroatoms. The van der Waals surface area contributed by atoms with E-state index in [2.05, 4.69) is 16.0 Å². The number of nitrogens with two attached hydrogens (primary N) is 1. The number of benzene rings is 2. The predicted molar refractivity (Wildman–Crippen MR) is 89.9 cm³/mol. The van der Waals surface area contributed by atoms with Crippen LogP contribution in [0.4, 0.5) is 0 Å². The van der Waals surface area contributed by atoms with Gasteiger partial charge in [0.1, 0.15) is 5.82 Å². The quantitative estimate of drug-likeness (QED) is 0.801. The minimum absolute atomic E-state index is 0.455. The maximum atomic E-state index is 11.3. The molecular formula is C19H14N4O. The van der Waals surface area contributed by atoms with E-state index in [0.29, 0.717) is 23.4 Å². The Labute approximate surface area is 139 Å². The smallest absolute Gasteiger partial charge is 0.248 e. The Kier molecular flexibility index (Phi) is 4.30. The number of hydrogen-bond donors (Lipinski definition) is 1. The molecule has 0 aliphatic carbocycles. The molecule has 0 radical (unpaired) electrons. The monoisotopic (exact) mass is 314 g/mol. The Bertz CT molecular complexity index is 927. The Balaban J connectivity index is 1.86. The molecule has 0 fully saturated rings. The number of carbonyl (C=O) groups excluding carboxylic acids is 1. The van der Waals surface area contributed by atoms with Crippen molar-refractivity contribution in [3.05, 3.63) is 83.3 Å². The molecule has 0 saturated heterocycles. The van der Waals surface area contributed by atoms with E-state index in [-0.39, 0.29) is 0 Å². The van der Waals surface area contributed by atoms with Gasteiger partial charge in [0.05, 0.1) is 17.3 Å². The fourth-order valence-corrected chi connectivity index (χ4v) is 2.38. The lowest BCUT2D eigenvalue weighted by molar-refractivity contribution is 0.1000. The number of carbonyl (C=O) groups is 1. The van der Waals surface area contributed by atoms with Crippen LogP contribution in [-0.2, 0) is 6.42 Å². The number of amides is 1. The van der Waals surface area contributed by atoms with Crippen molar-refractivity contribution in [2.75, 3.05) is 0 Å². The normalized spacial score (nSPS) is 10.1. The van der Waals surface area contributed by atoms with Gasteiger partial charge in [0.15, 0.2) is 0 Å². The van der Waals surface area contributed by atoms with E-state index in [9.17, 15) is 4.79 Å². The SMILES string of the molecule is N#Cc1ccc(-c2ccnc(Cc3cccc(C(N)=O)c3)n2)cc1. The van der Waals surface area contributed by atoms with Crippen LogP contribution in [0.3, 0.4) is 0 Å². The number of nitriles is 1. The number of aromatic nitrogens is 2. The number of primary amides is 1. The van der Waals surface area contributed by atoms with E-state index in [4.69, 9.17) is 11.0 Å². The van der Waals surface area contributed by atoms with Gasteiger partial charge in [-0.2, -0.15) is 5.26 Å². The van der Waals surface area contributed by atoms with Crippen LogP contribution in [0.1, 0.15) is 27.3 Å². The summed E-state index contributed by atoms with van der Waals surface area (Å²) in [5, 5.41) is 8.86. The summed E-state index contributed by atoms with van der Waals surface area (Å²) in [7, 11) is 0. The molecule has 0 aliphatic rings. The van der Waals surface area contributed by atoms with Gasteiger partial charge < -0.3 is 5.73 Å². The molecule has 0 spiro atoms. The summed E-state index contributed by atoms with van der Waals surface area (Å²) in [5.41, 5.74) is 9.01. The first-order valence-electron chi connectivity index (χ1n) is 7.37. The summed E-state index contributed by atoms with van der Waals surface area (Å²) in [6.07, 6.45) is 2.21. The highest BCUT2D eigenvalue weighted by atomic mass is 16.1. The van der Waals surface area contributed by atoms with Crippen LogP contribution < -0.4 is 5.73 Å². The van der Waals surface area contributed by atoms with Gasteiger partial charge in [-0.3, -0.25) is 4.79 Å². The van der Waals surface area contributed by atoms with Crippen LogP contribution in [0.5, 0.6) is 0 Å². The second-order valence-corrected chi connectivity index (χ2v) is 5.29. The van der Waals surface area contributed by atoms with Crippen molar-refractivity contribution in [1.29, 1.82) is 5.26 Å². The topological polar surface area (TPSA) is 92.7 Å². The zero-order valence-corrected chi connectivity index (χ0v) is 12.8. The average Bonchev–Trinajstić information content (AvgIpc) is 2.62. The van der Waals surface area contributed by atoms with Crippen molar-refractivity contribution in [1.82, 2.24) is 9.97 Å². The van der Waals surface area contributed by atoms with Gasteiger partial charge in [-0.15, -0.1) is 0 Å². The van der Waals surface area contributed by atoms with Crippen molar-refractivity contribution in [3.63, 3.8) is 0 Å². The van der Waals surface area contributed by atoms with Crippen molar-refractivity contribution in [3.8, 4) is 17.3 Å². The number of hydrogen-bond acceptors (Lipinski definition) is 4. The maximum Gasteiger partial charge on any atom is 0.248 e. The summed E-state index contributed by atoms with van der Waals surface area (Å²) < 4.78 is 0. The summed E-state index contributed by atoms with van der Waals surface area (Å²) in [5.74, 6) is 0.197. The van der Waals surface area contributed by atoms with Gasteiger partial charge in [-0.25, -0.2) is 9.97 Å². The molecule has 116 valence electrons. The Morgan fingerprint density at radius 1 is 1.12 bits per heavy atom. The third-order valence-electron chi connectivity index (χ3n) is 3.59. The molecule has 24 heavy (non-hydrogen) atoms. The molecule has 1 heterocycles. The van der Waals surface area contributed by atoms with Gasteiger partial charge in [-0.1, -0.05) is 24.3 Å². The molecule has 3 aromatic rings. The van der Waals surface area contributed by atoms with Gasteiger partial charge in [0, 0.05) is 23.7 Å². The molecule has 0 saturated carbocycles. The highest BCUT2D eigenvalue weighted by Crippen LogP contribution is 2.18. The second kappa shape index (κ2) is 6.71. The van der Waals surface area contributed by atoms with Crippen molar-refractivity contribution in [2.24, 2.45) is 5.73 Å². The minimum Gasteiger partial charge on any atom is -0.366 e. The van der Waals surface area contributed by atoms with E-state index in [1.54, 1.807) is 36.5 Å². The third-order valence-corrected chi connectivity index (χ3v) is 3.59. The second-order valence-electron chi connectivity index (χ2n) is 5.29. The van der Waals surface area contributed by atoms with Crippen LogP contribution in [0.15, 0.2) is 60.8 Å². The zero-order valence-electron chi connectivity index (χ0n) is 12.8. The summed E-state index contributed by atoms with van der Waals surface area (Å²) in [6.45, 7) is 0. The summed E-state index contributed by atoms with van der Waals surface area (Å²) in [4.78, 5) is 20.1. The van der Waals surface area contributed by atoms with Crippen LogP contribution in [-0.4, -0.2) is 15.9 Å². The molecule has 0 unspecified atom stereocenters. The van der Waals surface area contributed by atoms with Crippen molar-refractivity contribution < 1.29 is 4.79 Å². The largest absolute Gasteiger partial charge is 0.366 e. The van der Waals surface area contributed by atoms with Crippen molar-refractivity contribution >= 4 is 5.91 Å². The van der Waals surface area contributed by atoms with Gasteiger partial charge >= 0.3 is 0 Å². The molecule has 3 rings (SSSR count). The first-order valence-corrected chi connectivity index (χ1v) is 7.37. The Morgan fingerprint density at radius 3 is 2.62 bits per heavy atom. The Hall–Kier alpha value is -3.52. The van der Waals surface area contributed by atoms with Crippen LogP contribution in [0.25, 0.3) is 11.3 Å². The molecule has 0 bridgehead atoms. The first kappa shape index (κ1) is 15.4. The summed E-state index contributed by atoms with van der Waals surface area (Å²) >= 11 is 0. The van der Waals surface area contributed by atoms with Crippen LogP contribution in [0.2, 0.25) is 0 Å². The molecule has 5 nitrogen and oxygen atoms in total. The Morgan fingerprint density at radius 2 is 1.92 bits per heavy atom. The van der Waals surface area contributed by atoms with E-state index < -0.39 is 5.91 Å². The van der Waals surface area contributed by atoms with E-state index in [1.807, 2.05) is 24.3 Å². The van der Waals surface area contributed by atoms with Gasteiger partial charge in [0.25, 0.3) is 0 Å². The maximum absolute atomic E-state index is 11.3. The van der Waals surface area contributed by atoms with Gasteiger partial charge in [-0.05, 0) is 35.9 Å². The molecular weight excluding hydrogens is 300 g/mol. The fourth-order valence-electron chi connectivity index (χ4n) is 2.38. The van der Waals surface area contributed by atoms with Crippen molar-refractivity contribution in [2.45, 2.75) is 6.42 Å². The van der Waals surface area contributed by atoms with E-state index in [1.165, 1.54) is 0 Å². The fraction of sp³-hybridized carbons (Fsp3) is 0.0526. The average molecular weight is 314 g/mol. The number of nitrogens with zero attached hydrogens (tertiary/aromatic N) is 3. The van der Waals surface area contributed by atoms with Crippen LogP contribution in [0, 0.1) is 11.3 Å². The molecule has 2 N–H and O–H groups in total. The lowest BCUT2D eigenvalue weighted by Gasteiger charge is -2.05. The standard InChI is InChI=1S/C19H14N4O/c20-12-13-4-6-15(7-5-13)17-8-9-22-18(23-17)11-14-2-1-3-16(10-14)19(21)24/h1-10H,11H2,(H2,21,24). The summed E-state index contributed by atoms with van der Waals surface area (Å²) in [6, 6.07) is 18.3.